The highest BCUT2D eigenvalue weighted by atomic mass is 14.7. The molecule has 0 amide bonds. The molecule has 326 valence electrons. The highest BCUT2D eigenvalue weighted by Gasteiger charge is 2.18. The van der Waals surface area contributed by atoms with Crippen molar-refractivity contribution in [3.8, 4) is 77.9 Å². The molecule has 0 unspecified atom stereocenters. The molecule has 0 aliphatic rings. The van der Waals surface area contributed by atoms with Crippen LogP contribution >= 0.6 is 0 Å². The predicted molar refractivity (Wildman–Crippen MR) is 294 cm³/mol. The van der Waals surface area contributed by atoms with E-state index in [4.69, 9.17) is 4.98 Å². The maximum Gasteiger partial charge on any atom is 0.0545 e. The van der Waals surface area contributed by atoms with E-state index >= 15 is 0 Å². The third kappa shape index (κ3) is 6.76. The molecule has 0 bridgehead atoms. The largest absolute Gasteiger partial charge is 0.354 e. The number of hydrogen-bond acceptors (Lipinski definition) is 2. The molecule has 0 saturated carbocycles. The SMILES string of the molecule is c1cncc(-c2cccc(-c3cc(-c4cccc(-c5cncc(-c6cccc7c6[nH]c6c(-c8ccc9ccccc9c8)cc(-c8ccc9ccccc9c8)cc67)c5)c4)cc4c3[nH]c3ccccc34)c2)c1. The van der Waals surface area contributed by atoms with E-state index in [9.17, 15) is 0 Å². The number of hydrogen-bond donors (Lipinski definition) is 2. The van der Waals surface area contributed by atoms with Crippen molar-refractivity contribution >= 4 is 65.2 Å². The van der Waals surface area contributed by atoms with Crippen molar-refractivity contribution in [1.82, 2.24) is 19.9 Å². The Hall–Kier alpha value is -9.38. The van der Waals surface area contributed by atoms with Crippen LogP contribution in [0.3, 0.4) is 0 Å². The van der Waals surface area contributed by atoms with Crippen LogP contribution < -0.4 is 0 Å². The summed E-state index contributed by atoms with van der Waals surface area (Å²) in [4.78, 5) is 17.1. The standard InChI is InChI=1S/C66H42N4/c1-3-13-43-29-48(26-24-41(43)11-1)53-35-60(50-27-25-42-12-2-4-14-44(42)31-50)66-62(37-53)58-22-9-21-56(64(58)70-66)55-33-54(39-68-40-55)47-17-7-16-46(30-47)52-34-59(65-61(36-52)57-20-5-6-23-63(57)69-65)49-18-8-15-45(32-49)51-19-10-28-67-38-51/h1-40,69-70H. The molecule has 2 N–H and O–H groups in total. The Morgan fingerprint density at radius 2 is 0.743 bits per heavy atom. The van der Waals surface area contributed by atoms with Crippen molar-refractivity contribution in [2.24, 2.45) is 0 Å². The number of H-pyrrole nitrogens is 2. The molecule has 4 nitrogen and oxygen atoms in total. The molecule has 0 fully saturated rings. The minimum absolute atomic E-state index is 1.05. The Kier molecular flexibility index (Phi) is 9.17. The first-order valence-electron chi connectivity index (χ1n) is 23.8. The summed E-state index contributed by atoms with van der Waals surface area (Å²) in [5, 5.41) is 9.70. The molecule has 14 rings (SSSR count). The van der Waals surface area contributed by atoms with Gasteiger partial charge in [0.05, 0.1) is 16.6 Å². The van der Waals surface area contributed by atoms with Crippen LogP contribution in [0.5, 0.6) is 0 Å². The van der Waals surface area contributed by atoms with Crippen LogP contribution in [0.25, 0.3) is 143 Å². The lowest BCUT2D eigenvalue weighted by Gasteiger charge is -2.12. The van der Waals surface area contributed by atoms with Crippen LogP contribution in [0, 0.1) is 0 Å². The molecule has 4 aromatic heterocycles. The summed E-state index contributed by atoms with van der Waals surface area (Å²) >= 11 is 0. The van der Waals surface area contributed by atoms with Crippen LogP contribution in [0.15, 0.2) is 243 Å². The average Bonchev–Trinajstić information content (AvgIpc) is 4.01. The zero-order valence-corrected chi connectivity index (χ0v) is 38.0. The van der Waals surface area contributed by atoms with Gasteiger partial charge < -0.3 is 9.97 Å². The van der Waals surface area contributed by atoms with Gasteiger partial charge in [-0.05, 0) is 133 Å². The topological polar surface area (TPSA) is 57.4 Å². The Morgan fingerprint density at radius 1 is 0.243 bits per heavy atom. The summed E-state index contributed by atoms with van der Waals surface area (Å²) in [5.74, 6) is 0. The lowest BCUT2D eigenvalue weighted by molar-refractivity contribution is 1.33. The van der Waals surface area contributed by atoms with Gasteiger partial charge in [-0.3, -0.25) is 9.97 Å². The monoisotopic (exact) mass is 890 g/mol. The van der Waals surface area contributed by atoms with E-state index in [2.05, 4.69) is 227 Å². The van der Waals surface area contributed by atoms with E-state index in [0.717, 1.165) is 77.7 Å². The highest BCUT2D eigenvalue weighted by Crippen LogP contribution is 2.43. The van der Waals surface area contributed by atoms with Crippen molar-refractivity contribution in [3.63, 3.8) is 0 Å². The van der Waals surface area contributed by atoms with Crippen LogP contribution in [0.1, 0.15) is 0 Å². The molecule has 0 saturated heterocycles. The maximum atomic E-state index is 4.91. The number of benzene rings is 10. The van der Waals surface area contributed by atoms with Gasteiger partial charge in [-0.15, -0.1) is 0 Å². The summed E-state index contributed by atoms with van der Waals surface area (Å²) < 4.78 is 0. The average molecular weight is 891 g/mol. The van der Waals surface area contributed by atoms with E-state index in [-0.39, 0.29) is 0 Å². The fraction of sp³-hybridized carbons (Fsp3) is 0. The van der Waals surface area contributed by atoms with Crippen molar-refractivity contribution in [2.75, 3.05) is 0 Å². The first kappa shape index (κ1) is 39.8. The van der Waals surface area contributed by atoms with Crippen molar-refractivity contribution in [1.29, 1.82) is 0 Å². The Morgan fingerprint density at radius 3 is 1.50 bits per heavy atom. The third-order valence-corrected chi connectivity index (χ3v) is 14.2. The maximum absolute atomic E-state index is 4.91. The van der Waals surface area contributed by atoms with Crippen molar-refractivity contribution in [2.45, 2.75) is 0 Å². The predicted octanol–water partition coefficient (Wildman–Crippen LogP) is 17.7. The van der Waals surface area contributed by atoms with Crippen LogP contribution in [-0.4, -0.2) is 19.9 Å². The van der Waals surface area contributed by atoms with E-state index in [1.165, 1.54) is 65.3 Å². The summed E-state index contributed by atoms with van der Waals surface area (Å²) in [6.07, 6.45) is 7.73. The second-order valence-electron chi connectivity index (χ2n) is 18.4. The molecule has 0 aliphatic carbocycles. The van der Waals surface area contributed by atoms with Gasteiger partial charge in [-0.2, -0.15) is 0 Å². The fourth-order valence-electron chi connectivity index (χ4n) is 10.8. The minimum atomic E-state index is 1.05. The lowest BCUT2D eigenvalue weighted by atomic mass is 9.92. The minimum Gasteiger partial charge on any atom is -0.354 e. The molecule has 10 aromatic carbocycles. The number of aromatic nitrogens is 4. The lowest BCUT2D eigenvalue weighted by Crippen LogP contribution is -1.88. The van der Waals surface area contributed by atoms with Gasteiger partial charge in [-0.25, -0.2) is 0 Å². The highest BCUT2D eigenvalue weighted by molar-refractivity contribution is 6.17. The van der Waals surface area contributed by atoms with Gasteiger partial charge in [0.15, 0.2) is 0 Å². The smallest absolute Gasteiger partial charge is 0.0545 e. The summed E-state index contributed by atoms with van der Waals surface area (Å²) in [6.45, 7) is 0. The Bertz CT molecular complexity index is 4370. The number of pyridine rings is 2. The second-order valence-corrected chi connectivity index (χ2v) is 18.4. The normalized spacial score (nSPS) is 11.7. The summed E-state index contributed by atoms with van der Waals surface area (Å²) in [6, 6.07) is 79.5. The number of rotatable bonds is 7. The quantitative estimate of drug-likeness (QED) is 0.167. The molecule has 14 aromatic rings. The van der Waals surface area contributed by atoms with Crippen LogP contribution in [0.4, 0.5) is 0 Å². The van der Waals surface area contributed by atoms with Gasteiger partial charge in [0.1, 0.15) is 0 Å². The number of fused-ring (bicyclic) bond motifs is 8. The molecular weight excluding hydrogens is 849 g/mol. The van der Waals surface area contributed by atoms with Gasteiger partial charge in [0.2, 0.25) is 0 Å². The molecule has 0 aliphatic heterocycles. The van der Waals surface area contributed by atoms with Gasteiger partial charge in [0.25, 0.3) is 0 Å². The molecule has 0 atom stereocenters. The number of aromatic amines is 2. The molecular formula is C66H42N4. The first-order chi connectivity index (χ1) is 34.6. The van der Waals surface area contributed by atoms with Gasteiger partial charge in [0, 0.05) is 85.2 Å². The zero-order chi connectivity index (χ0) is 46.1. The molecule has 4 heteroatoms. The van der Waals surface area contributed by atoms with Crippen molar-refractivity contribution < 1.29 is 0 Å². The summed E-state index contributed by atoms with van der Waals surface area (Å²) in [5.41, 5.74) is 20.3. The van der Waals surface area contributed by atoms with Crippen LogP contribution in [-0.2, 0) is 0 Å². The Balaban J connectivity index is 0.891. The van der Waals surface area contributed by atoms with Crippen LogP contribution in [0.2, 0.25) is 0 Å². The van der Waals surface area contributed by atoms with E-state index in [1.54, 1.807) is 0 Å². The molecule has 4 heterocycles. The van der Waals surface area contributed by atoms with E-state index in [0.29, 0.717) is 0 Å². The number of nitrogens with one attached hydrogen (secondary N) is 2. The van der Waals surface area contributed by atoms with E-state index < -0.39 is 0 Å². The number of nitrogens with zero attached hydrogens (tertiary/aromatic N) is 2. The Labute approximate surface area is 404 Å². The van der Waals surface area contributed by atoms with Gasteiger partial charge >= 0.3 is 0 Å². The number of para-hydroxylation sites is 2. The first-order valence-corrected chi connectivity index (χ1v) is 23.8. The third-order valence-electron chi connectivity index (χ3n) is 14.2. The zero-order valence-electron chi connectivity index (χ0n) is 38.0. The van der Waals surface area contributed by atoms with Gasteiger partial charge in [-0.1, -0.05) is 152 Å². The fourth-order valence-corrected chi connectivity index (χ4v) is 10.8. The van der Waals surface area contributed by atoms with Crippen molar-refractivity contribution in [3.05, 3.63) is 243 Å². The second kappa shape index (κ2) is 16.2. The molecule has 0 radical (unpaired) electrons. The summed E-state index contributed by atoms with van der Waals surface area (Å²) in [7, 11) is 0. The van der Waals surface area contributed by atoms with E-state index in [1.807, 2.05) is 30.9 Å². The molecule has 70 heavy (non-hydrogen) atoms. The molecule has 0 spiro atoms.